The van der Waals surface area contributed by atoms with Gasteiger partial charge in [-0.3, -0.25) is 0 Å². The summed E-state index contributed by atoms with van der Waals surface area (Å²) >= 11 is 5.77. The average molecular weight is 305 g/mol. The number of benzene rings is 1. The Morgan fingerprint density at radius 3 is 2.63 bits per heavy atom. The second-order valence-electron chi connectivity index (χ2n) is 4.76. The average Bonchev–Trinajstić information content (AvgIpc) is 2.35. The Labute approximate surface area is 117 Å². The number of aliphatic hydroxyl groups excluding tert-OH is 1. The lowest BCUT2D eigenvalue weighted by Gasteiger charge is -2.28. The summed E-state index contributed by atoms with van der Waals surface area (Å²) in [5.41, 5.74) is 5.82. The number of sulfonamides is 1. The first-order valence-corrected chi connectivity index (χ1v) is 8.02. The molecular weight excluding hydrogens is 288 g/mol. The Morgan fingerprint density at radius 2 is 2.00 bits per heavy atom. The van der Waals surface area contributed by atoms with E-state index in [4.69, 9.17) is 17.3 Å². The van der Waals surface area contributed by atoms with Crippen LogP contribution in [0.25, 0.3) is 0 Å². The van der Waals surface area contributed by atoms with Crippen LogP contribution in [0.2, 0.25) is 5.02 Å². The second-order valence-corrected chi connectivity index (χ2v) is 6.88. The van der Waals surface area contributed by atoms with E-state index in [2.05, 4.69) is 4.72 Å². The third kappa shape index (κ3) is 3.39. The lowest BCUT2D eigenvalue weighted by molar-refractivity contribution is 0.101. The molecule has 0 spiro atoms. The molecule has 0 bridgehead atoms. The van der Waals surface area contributed by atoms with Gasteiger partial charge in [0.05, 0.1) is 21.7 Å². The molecule has 0 aliphatic heterocycles. The number of nitrogen functional groups attached to an aromatic ring is 1. The van der Waals surface area contributed by atoms with E-state index in [1.807, 2.05) is 0 Å². The Hall–Kier alpha value is -0.820. The molecule has 1 aliphatic rings. The van der Waals surface area contributed by atoms with Crippen LogP contribution in [0.15, 0.2) is 23.1 Å². The van der Waals surface area contributed by atoms with Crippen LogP contribution in [0.1, 0.15) is 25.7 Å². The van der Waals surface area contributed by atoms with Crippen molar-refractivity contribution in [3.05, 3.63) is 23.2 Å². The number of nitrogens with two attached hydrogens (primary N) is 1. The van der Waals surface area contributed by atoms with Crippen molar-refractivity contribution in [2.45, 2.75) is 42.7 Å². The van der Waals surface area contributed by atoms with Crippen molar-refractivity contribution in [3.63, 3.8) is 0 Å². The van der Waals surface area contributed by atoms with Crippen LogP contribution in [-0.4, -0.2) is 25.7 Å². The van der Waals surface area contributed by atoms with Gasteiger partial charge in [0.2, 0.25) is 10.0 Å². The molecule has 1 aromatic carbocycles. The highest BCUT2D eigenvalue weighted by Gasteiger charge is 2.28. The Morgan fingerprint density at radius 1 is 1.32 bits per heavy atom. The molecule has 2 atom stereocenters. The summed E-state index contributed by atoms with van der Waals surface area (Å²) in [6, 6.07) is 3.73. The Kier molecular flexibility index (Phi) is 4.35. The van der Waals surface area contributed by atoms with E-state index < -0.39 is 22.2 Å². The van der Waals surface area contributed by atoms with Crippen LogP contribution < -0.4 is 10.5 Å². The summed E-state index contributed by atoms with van der Waals surface area (Å²) in [5.74, 6) is 0. The monoisotopic (exact) mass is 304 g/mol. The number of hydrogen-bond acceptors (Lipinski definition) is 4. The summed E-state index contributed by atoms with van der Waals surface area (Å²) in [4.78, 5) is 0.0622. The summed E-state index contributed by atoms with van der Waals surface area (Å²) in [7, 11) is -3.68. The van der Waals surface area contributed by atoms with E-state index in [1.54, 1.807) is 0 Å². The van der Waals surface area contributed by atoms with Crippen molar-refractivity contribution in [1.29, 1.82) is 0 Å². The molecule has 1 aromatic rings. The summed E-state index contributed by atoms with van der Waals surface area (Å²) in [5, 5.41) is 10.1. The van der Waals surface area contributed by atoms with Crippen LogP contribution in [0.5, 0.6) is 0 Å². The first kappa shape index (κ1) is 14.6. The zero-order chi connectivity index (χ0) is 14.0. The van der Waals surface area contributed by atoms with Crippen molar-refractivity contribution in [2.24, 2.45) is 0 Å². The number of hydrogen-bond donors (Lipinski definition) is 3. The molecule has 106 valence electrons. The molecule has 0 saturated heterocycles. The molecule has 0 unspecified atom stereocenters. The summed E-state index contributed by atoms with van der Waals surface area (Å²) in [6.45, 7) is 0. The minimum Gasteiger partial charge on any atom is -0.397 e. The number of nitrogens with one attached hydrogen (secondary N) is 1. The number of halogens is 1. The number of aliphatic hydroxyl groups is 1. The molecular formula is C12H17ClN2O3S. The molecule has 2 rings (SSSR count). The van der Waals surface area contributed by atoms with Gasteiger partial charge in [-0.05, 0) is 31.0 Å². The highest BCUT2D eigenvalue weighted by molar-refractivity contribution is 7.89. The maximum Gasteiger partial charge on any atom is 0.240 e. The highest BCUT2D eigenvalue weighted by atomic mass is 35.5. The normalized spacial score (nSPS) is 24.3. The van der Waals surface area contributed by atoms with Gasteiger partial charge in [-0.25, -0.2) is 13.1 Å². The first-order valence-electron chi connectivity index (χ1n) is 6.15. The van der Waals surface area contributed by atoms with E-state index in [0.717, 1.165) is 12.8 Å². The molecule has 1 fully saturated rings. The number of rotatable bonds is 3. The van der Waals surface area contributed by atoms with Gasteiger partial charge in [0.1, 0.15) is 0 Å². The molecule has 1 saturated carbocycles. The standard InChI is InChI=1S/C12H17ClN2O3S/c13-9-6-5-8(7-10(9)14)19(17,18)15-11-3-1-2-4-12(11)16/h5-7,11-12,15-16H,1-4,14H2/t11-,12-/m0/s1. The Balaban J connectivity index is 2.19. The zero-order valence-electron chi connectivity index (χ0n) is 10.3. The molecule has 19 heavy (non-hydrogen) atoms. The third-order valence-electron chi connectivity index (χ3n) is 3.31. The molecule has 0 amide bonds. The first-order chi connectivity index (χ1) is 8.90. The van der Waals surface area contributed by atoms with Gasteiger partial charge in [-0.1, -0.05) is 24.4 Å². The van der Waals surface area contributed by atoms with Crippen molar-refractivity contribution >= 4 is 27.3 Å². The van der Waals surface area contributed by atoms with Crippen LogP contribution in [-0.2, 0) is 10.0 Å². The molecule has 5 nitrogen and oxygen atoms in total. The highest BCUT2D eigenvalue weighted by Crippen LogP contribution is 2.24. The molecule has 0 heterocycles. The molecule has 4 N–H and O–H groups in total. The summed E-state index contributed by atoms with van der Waals surface area (Å²) in [6.07, 6.45) is 2.47. The van der Waals surface area contributed by atoms with E-state index >= 15 is 0 Å². The number of anilines is 1. The third-order valence-corrected chi connectivity index (χ3v) is 5.15. The SMILES string of the molecule is Nc1cc(S(=O)(=O)N[C@H]2CCCC[C@@H]2O)ccc1Cl. The van der Waals surface area contributed by atoms with Gasteiger partial charge in [-0.2, -0.15) is 0 Å². The van der Waals surface area contributed by atoms with Gasteiger partial charge < -0.3 is 10.8 Å². The quantitative estimate of drug-likeness (QED) is 0.738. The van der Waals surface area contributed by atoms with Crippen molar-refractivity contribution in [1.82, 2.24) is 4.72 Å². The van der Waals surface area contributed by atoms with Gasteiger partial charge in [0, 0.05) is 6.04 Å². The fourth-order valence-corrected chi connectivity index (χ4v) is 3.66. The summed E-state index contributed by atoms with van der Waals surface area (Å²) < 4.78 is 26.9. The van der Waals surface area contributed by atoms with Crippen molar-refractivity contribution in [2.75, 3.05) is 5.73 Å². The predicted molar refractivity (Wildman–Crippen MR) is 74.4 cm³/mol. The lowest BCUT2D eigenvalue weighted by Crippen LogP contribution is -2.44. The van der Waals surface area contributed by atoms with E-state index in [1.165, 1.54) is 18.2 Å². The second kappa shape index (κ2) is 5.66. The van der Waals surface area contributed by atoms with E-state index in [9.17, 15) is 13.5 Å². The van der Waals surface area contributed by atoms with E-state index in [-0.39, 0.29) is 10.6 Å². The molecule has 0 aromatic heterocycles. The van der Waals surface area contributed by atoms with Crippen LogP contribution in [0.3, 0.4) is 0 Å². The zero-order valence-corrected chi connectivity index (χ0v) is 11.9. The Bertz CT molecular complexity index is 562. The maximum absolute atomic E-state index is 12.2. The largest absolute Gasteiger partial charge is 0.397 e. The van der Waals surface area contributed by atoms with Crippen LogP contribution in [0, 0.1) is 0 Å². The molecule has 0 radical (unpaired) electrons. The lowest BCUT2D eigenvalue weighted by atomic mass is 9.93. The van der Waals surface area contributed by atoms with Gasteiger partial charge in [0.15, 0.2) is 0 Å². The molecule has 1 aliphatic carbocycles. The predicted octanol–water partition coefficient (Wildman–Crippen LogP) is 1.50. The van der Waals surface area contributed by atoms with Crippen molar-refractivity contribution < 1.29 is 13.5 Å². The topological polar surface area (TPSA) is 92.4 Å². The van der Waals surface area contributed by atoms with Crippen LogP contribution >= 0.6 is 11.6 Å². The van der Waals surface area contributed by atoms with Gasteiger partial charge in [-0.15, -0.1) is 0 Å². The van der Waals surface area contributed by atoms with Gasteiger partial charge in [0.25, 0.3) is 0 Å². The minimum atomic E-state index is -3.68. The van der Waals surface area contributed by atoms with Crippen molar-refractivity contribution in [3.8, 4) is 0 Å². The van der Waals surface area contributed by atoms with Gasteiger partial charge >= 0.3 is 0 Å². The smallest absolute Gasteiger partial charge is 0.240 e. The fraction of sp³-hybridized carbons (Fsp3) is 0.500. The van der Waals surface area contributed by atoms with E-state index in [0.29, 0.717) is 17.9 Å². The fourth-order valence-electron chi connectivity index (χ4n) is 2.21. The molecule has 7 heteroatoms. The minimum absolute atomic E-state index is 0.0622. The maximum atomic E-state index is 12.2. The van der Waals surface area contributed by atoms with Crippen LogP contribution in [0.4, 0.5) is 5.69 Å².